The lowest BCUT2D eigenvalue weighted by Gasteiger charge is -2.22. The Morgan fingerprint density at radius 2 is 1.77 bits per heavy atom. The van der Waals surface area contributed by atoms with Gasteiger partial charge in [0.15, 0.2) is 0 Å². The van der Waals surface area contributed by atoms with Crippen molar-refractivity contribution in [2.45, 2.75) is 13.8 Å². The molecule has 0 aliphatic heterocycles. The highest BCUT2D eigenvalue weighted by atomic mass is 79.9. The molecule has 0 spiro atoms. The van der Waals surface area contributed by atoms with E-state index in [0.29, 0.717) is 23.9 Å². The number of nitrogens with one attached hydrogen (secondary N) is 1. The minimum atomic E-state index is -3.03. The summed E-state index contributed by atoms with van der Waals surface area (Å²) in [4.78, 5) is 12.7. The summed E-state index contributed by atoms with van der Waals surface area (Å²) in [7, 11) is 0. The van der Waals surface area contributed by atoms with Crippen molar-refractivity contribution in [2.24, 2.45) is 0 Å². The monoisotopic (exact) mass is 477 g/mol. The largest absolute Gasteiger partial charge is 0.423 e. The summed E-state index contributed by atoms with van der Waals surface area (Å²) >= 11 is 14.8. The van der Waals surface area contributed by atoms with Crippen LogP contribution in [0.5, 0.6) is 5.75 Å². The summed E-state index contributed by atoms with van der Waals surface area (Å²) in [5, 5.41) is 3.22. The fourth-order valence-corrected chi connectivity index (χ4v) is 4.52. The van der Waals surface area contributed by atoms with Crippen LogP contribution in [0.2, 0.25) is 5.02 Å². The smallest absolute Gasteiger partial charge is 0.380 e. The Labute approximate surface area is 171 Å². The molecule has 0 aliphatic rings. The molecule has 140 valence electrons. The Morgan fingerprint density at radius 3 is 2.35 bits per heavy atom. The van der Waals surface area contributed by atoms with Gasteiger partial charge in [-0.2, -0.15) is 0 Å². The number of benzene rings is 2. The molecule has 0 aromatic heterocycles. The van der Waals surface area contributed by atoms with E-state index < -0.39 is 6.72 Å². The molecule has 0 saturated heterocycles. The Morgan fingerprint density at radius 1 is 1.15 bits per heavy atom. The van der Waals surface area contributed by atoms with Crippen LogP contribution >= 0.6 is 34.2 Å². The standard InChI is InChI=1S/C17H18BrClNO4PS/c1-3-22-25(26,23-4-2)24-16-11-13(19)7-10-15(16)17(21)20-14-8-5-12(18)6-9-14/h5-11H,3-4H2,1-2H3,(H,20,21). The third kappa shape index (κ3) is 6.05. The van der Waals surface area contributed by atoms with Gasteiger partial charge in [-0.25, -0.2) is 0 Å². The van der Waals surface area contributed by atoms with E-state index in [2.05, 4.69) is 21.2 Å². The van der Waals surface area contributed by atoms with Crippen LogP contribution < -0.4 is 9.84 Å². The van der Waals surface area contributed by atoms with E-state index in [9.17, 15) is 4.79 Å². The van der Waals surface area contributed by atoms with Gasteiger partial charge in [0.1, 0.15) is 5.75 Å². The summed E-state index contributed by atoms with van der Waals surface area (Å²) < 4.78 is 17.7. The van der Waals surface area contributed by atoms with E-state index in [1.165, 1.54) is 6.07 Å². The van der Waals surface area contributed by atoms with Crippen LogP contribution in [-0.2, 0) is 20.9 Å². The average Bonchev–Trinajstić information content (AvgIpc) is 2.57. The van der Waals surface area contributed by atoms with Gasteiger partial charge in [0.2, 0.25) is 0 Å². The van der Waals surface area contributed by atoms with Crippen LogP contribution in [-0.4, -0.2) is 19.1 Å². The molecule has 9 heteroatoms. The SMILES string of the molecule is CCOP(=S)(OCC)Oc1cc(Cl)ccc1C(=O)Nc1ccc(Br)cc1. The summed E-state index contributed by atoms with van der Waals surface area (Å²) in [5.41, 5.74) is 0.930. The van der Waals surface area contributed by atoms with Crippen molar-refractivity contribution in [1.82, 2.24) is 0 Å². The lowest BCUT2D eigenvalue weighted by atomic mass is 10.2. The first kappa shape index (κ1) is 21.4. The first-order chi connectivity index (χ1) is 12.4. The van der Waals surface area contributed by atoms with Crippen molar-refractivity contribution >= 4 is 57.7 Å². The lowest BCUT2D eigenvalue weighted by molar-refractivity contribution is 0.102. The quantitative estimate of drug-likeness (QED) is 0.469. The molecule has 0 atom stereocenters. The number of anilines is 1. The predicted molar refractivity (Wildman–Crippen MR) is 112 cm³/mol. The van der Waals surface area contributed by atoms with Gasteiger partial charge in [-0.3, -0.25) is 13.8 Å². The summed E-state index contributed by atoms with van der Waals surface area (Å²) in [5.74, 6) is -0.133. The number of rotatable bonds is 8. The summed E-state index contributed by atoms with van der Waals surface area (Å²) in [6.07, 6.45) is 0. The molecule has 2 aromatic carbocycles. The van der Waals surface area contributed by atoms with Crippen molar-refractivity contribution < 1.29 is 18.4 Å². The van der Waals surface area contributed by atoms with E-state index in [-0.39, 0.29) is 17.2 Å². The van der Waals surface area contributed by atoms with Crippen LogP contribution in [0.3, 0.4) is 0 Å². The highest BCUT2D eigenvalue weighted by Gasteiger charge is 2.25. The lowest BCUT2D eigenvalue weighted by Crippen LogP contribution is -2.14. The van der Waals surface area contributed by atoms with E-state index in [4.69, 9.17) is 37.0 Å². The molecule has 1 amide bonds. The fraction of sp³-hybridized carbons (Fsp3) is 0.235. The number of halogens is 2. The highest BCUT2D eigenvalue weighted by Crippen LogP contribution is 2.50. The average molecular weight is 479 g/mol. The molecule has 5 nitrogen and oxygen atoms in total. The number of carbonyl (C=O) groups excluding carboxylic acids is 1. The van der Waals surface area contributed by atoms with Crippen molar-refractivity contribution in [1.29, 1.82) is 0 Å². The molecule has 0 saturated carbocycles. The summed E-state index contributed by atoms with van der Waals surface area (Å²) in [6.45, 7) is 1.22. The van der Waals surface area contributed by atoms with Gasteiger partial charge < -0.3 is 9.84 Å². The first-order valence-corrected chi connectivity index (χ1v) is 11.5. The number of hydrogen-bond acceptors (Lipinski definition) is 5. The molecule has 0 aliphatic carbocycles. The Balaban J connectivity index is 2.29. The molecule has 0 heterocycles. The van der Waals surface area contributed by atoms with Gasteiger partial charge in [0, 0.05) is 33.1 Å². The van der Waals surface area contributed by atoms with Crippen LogP contribution in [0.15, 0.2) is 46.9 Å². The Kier molecular flexibility index (Phi) is 8.07. The fourth-order valence-electron chi connectivity index (χ4n) is 2.02. The van der Waals surface area contributed by atoms with Gasteiger partial charge in [-0.05, 0) is 50.2 Å². The van der Waals surface area contributed by atoms with Gasteiger partial charge in [0.25, 0.3) is 5.91 Å². The minimum Gasteiger partial charge on any atom is -0.423 e. The second-order valence-electron chi connectivity index (χ2n) is 4.98. The maximum atomic E-state index is 12.7. The maximum absolute atomic E-state index is 12.7. The summed E-state index contributed by atoms with van der Waals surface area (Å²) in [6, 6.07) is 11.9. The molecule has 2 rings (SSSR count). The molecule has 0 fully saturated rings. The van der Waals surface area contributed by atoms with Crippen molar-refractivity contribution in [3.63, 3.8) is 0 Å². The second kappa shape index (κ2) is 9.83. The Bertz CT molecular complexity index is 809. The zero-order valence-electron chi connectivity index (χ0n) is 14.2. The van der Waals surface area contributed by atoms with Crippen LogP contribution in [0, 0.1) is 0 Å². The third-order valence-corrected chi connectivity index (χ3v) is 6.26. The molecule has 26 heavy (non-hydrogen) atoms. The molecular formula is C17H18BrClNO4PS. The molecule has 0 unspecified atom stereocenters. The van der Waals surface area contributed by atoms with Crippen molar-refractivity contribution in [2.75, 3.05) is 18.5 Å². The van der Waals surface area contributed by atoms with E-state index in [1.54, 1.807) is 38.1 Å². The number of carbonyl (C=O) groups is 1. The van der Waals surface area contributed by atoms with E-state index >= 15 is 0 Å². The molecule has 2 aromatic rings. The van der Waals surface area contributed by atoms with Crippen LogP contribution in [0.25, 0.3) is 0 Å². The van der Waals surface area contributed by atoms with Crippen LogP contribution in [0.1, 0.15) is 24.2 Å². The molecule has 0 bridgehead atoms. The highest BCUT2D eigenvalue weighted by molar-refractivity contribution is 9.10. The van der Waals surface area contributed by atoms with E-state index in [1.807, 2.05) is 12.1 Å². The zero-order chi connectivity index (χ0) is 19.2. The number of amides is 1. The maximum Gasteiger partial charge on any atom is 0.380 e. The number of hydrogen-bond donors (Lipinski definition) is 1. The van der Waals surface area contributed by atoms with Gasteiger partial charge in [-0.15, -0.1) is 0 Å². The normalized spacial score (nSPS) is 11.2. The van der Waals surface area contributed by atoms with Gasteiger partial charge in [-0.1, -0.05) is 27.5 Å². The molecule has 0 radical (unpaired) electrons. The molecular weight excluding hydrogens is 461 g/mol. The Hall–Kier alpha value is -0.950. The minimum absolute atomic E-state index is 0.220. The van der Waals surface area contributed by atoms with Crippen LogP contribution in [0.4, 0.5) is 5.69 Å². The van der Waals surface area contributed by atoms with Gasteiger partial charge in [0.05, 0.1) is 18.8 Å². The predicted octanol–water partition coefficient (Wildman–Crippen LogP) is 6.03. The van der Waals surface area contributed by atoms with Gasteiger partial charge >= 0.3 is 6.72 Å². The zero-order valence-corrected chi connectivity index (χ0v) is 18.3. The van der Waals surface area contributed by atoms with Crippen molar-refractivity contribution in [3.8, 4) is 5.75 Å². The molecule has 1 N–H and O–H groups in total. The topological polar surface area (TPSA) is 56.8 Å². The van der Waals surface area contributed by atoms with E-state index in [0.717, 1.165) is 4.47 Å². The van der Waals surface area contributed by atoms with Crippen molar-refractivity contribution in [3.05, 3.63) is 57.5 Å². The first-order valence-electron chi connectivity index (χ1n) is 7.82. The second-order valence-corrected chi connectivity index (χ2v) is 9.26. The third-order valence-electron chi connectivity index (χ3n) is 3.07.